The lowest BCUT2D eigenvalue weighted by atomic mass is 10.1. The first-order chi connectivity index (χ1) is 10.7. The predicted octanol–water partition coefficient (Wildman–Crippen LogP) is 2.35. The van der Waals surface area contributed by atoms with E-state index in [4.69, 9.17) is 4.74 Å². The van der Waals surface area contributed by atoms with E-state index in [1.807, 2.05) is 39.5 Å². The molecular formula is C16H32N4O2S. The third-order valence-electron chi connectivity index (χ3n) is 3.30. The van der Waals surface area contributed by atoms with Crippen molar-refractivity contribution in [3.05, 3.63) is 0 Å². The Hall–Kier alpha value is -1.11. The van der Waals surface area contributed by atoms with Gasteiger partial charge in [-0.15, -0.1) is 0 Å². The maximum atomic E-state index is 11.6. The summed E-state index contributed by atoms with van der Waals surface area (Å²) in [6.45, 7) is 12.6. The molecule has 0 aromatic rings. The number of carbonyl (C=O) groups excluding carboxylic acids is 1. The van der Waals surface area contributed by atoms with Crippen molar-refractivity contribution in [1.82, 2.24) is 16.0 Å². The van der Waals surface area contributed by atoms with E-state index >= 15 is 0 Å². The van der Waals surface area contributed by atoms with E-state index in [0.717, 1.165) is 19.0 Å². The number of ether oxygens (including phenoxy) is 1. The van der Waals surface area contributed by atoms with Crippen LogP contribution >= 0.6 is 11.8 Å². The minimum absolute atomic E-state index is 0.261. The van der Waals surface area contributed by atoms with Crippen LogP contribution in [-0.4, -0.2) is 54.3 Å². The van der Waals surface area contributed by atoms with Gasteiger partial charge >= 0.3 is 6.09 Å². The lowest BCUT2D eigenvalue weighted by Crippen LogP contribution is -2.43. The van der Waals surface area contributed by atoms with Crippen molar-refractivity contribution >= 4 is 23.8 Å². The highest BCUT2D eigenvalue weighted by molar-refractivity contribution is 8.00. The topological polar surface area (TPSA) is 74.8 Å². The van der Waals surface area contributed by atoms with Crippen LogP contribution in [0.15, 0.2) is 4.99 Å². The van der Waals surface area contributed by atoms with Crippen LogP contribution in [0.25, 0.3) is 0 Å². The summed E-state index contributed by atoms with van der Waals surface area (Å²) in [4.78, 5) is 16.2. The van der Waals surface area contributed by atoms with Crippen LogP contribution in [0.2, 0.25) is 0 Å². The second-order valence-corrected chi connectivity index (χ2v) is 8.64. The van der Waals surface area contributed by atoms with Crippen LogP contribution in [0.4, 0.5) is 4.79 Å². The SMILES string of the molecule is CCNC(=NCC1(C)CCCS1)NCCNC(=O)OC(C)(C)C. The number of hydrogen-bond acceptors (Lipinski definition) is 4. The Balaban J connectivity index is 2.31. The molecule has 6 nitrogen and oxygen atoms in total. The fraction of sp³-hybridized carbons (Fsp3) is 0.875. The van der Waals surface area contributed by atoms with Gasteiger partial charge in [0.05, 0.1) is 6.54 Å². The van der Waals surface area contributed by atoms with E-state index in [-0.39, 0.29) is 4.75 Å². The number of hydrogen-bond donors (Lipinski definition) is 3. The molecule has 1 aliphatic rings. The Labute approximate surface area is 144 Å². The molecule has 0 saturated carbocycles. The first-order valence-corrected chi connectivity index (χ1v) is 9.36. The maximum absolute atomic E-state index is 11.6. The lowest BCUT2D eigenvalue weighted by Gasteiger charge is -2.21. The minimum atomic E-state index is -0.470. The average Bonchev–Trinajstić information content (AvgIpc) is 2.86. The number of aliphatic imine (C=N–C) groups is 1. The molecule has 3 N–H and O–H groups in total. The van der Waals surface area contributed by atoms with Crippen molar-refractivity contribution < 1.29 is 9.53 Å². The van der Waals surface area contributed by atoms with Gasteiger partial charge in [0.1, 0.15) is 5.60 Å². The van der Waals surface area contributed by atoms with Gasteiger partial charge in [-0.3, -0.25) is 4.99 Å². The Morgan fingerprint density at radius 1 is 1.26 bits per heavy atom. The third kappa shape index (κ3) is 8.93. The van der Waals surface area contributed by atoms with Gasteiger partial charge in [-0.2, -0.15) is 11.8 Å². The van der Waals surface area contributed by atoms with Crippen molar-refractivity contribution in [2.75, 3.05) is 31.9 Å². The highest BCUT2D eigenvalue weighted by Crippen LogP contribution is 2.37. The summed E-state index contributed by atoms with van der Waals surface area (Å²) in [7, 11) is 0. The first-order valence-electron chi connectivity index (χ1n) is 8.37. The molecule has 1 rings (SSSR count). The van der Waals surface area contributed by atoms with Crippen molar-refractivity contribution in [2.45, 2.75) is 57.8 Å². The van der Waals surface area contributed by atoms with E-state index in [1.54, 1.807) is 0 Å². The number of guanidine groups is 1. The zero-order chi connectivity index (χ0) is 17.3. The average molecular weight is 345 g/mol. The van der Waals surface area contributed by atoms with E-state index in [9.17, 15) is 4.79 Å². The number of nitrogens with one attached hydrogen (secondary N) is 3. The molecule has 1 fully saturated rings. The number of thioether (sulfide) groups is 1. The van der Waals surface area contributed by atoms with E-state index in [1.165, 1.54) is 18.6 Å². The number of amides is 1. The van der Waals surface area contributed by atoms with Crippen molar-refractivity contribution in [2.24, 2.45) is 4.99 Å². The standard InChI is InChI=1S/C16H32N4O2S/c1-6-17-13(20-12-16(5)8-7-11-23-16)18-9-10-19-14(21)22-15(2,3)4/h6-12H2,1-5H3,(H,19,21)(H2,17,18,20). The molecule has 1 aliphatic heterocycles. The van der Waals surface area contributed by atoms with Crippen LogP contribution in [0.5, 0.6) is 0 Å². The zero-order valence-corrected chi connectivity index (χ0v) is 15.9. The first kappa shape index (κ1) is 19.9. The monoisotopic (exact) mass is 344 g/mol. The van der Waals surface area contributed by atoms with E-state index in [0.29, 0.717) is 13.1 Å². The Morgan fingerprint density at radius 3 is 2.52 bits per heavy atom. The van der Waals surface area contributed by atoms with E-state index < -0.39 is 11.7 Å². The van der Waals surface area contributed by atoms with Crippen LogP contribution in [0, 0.1) is 0 Å². The fourth-order valence-electron chi connectivity index (χ4n) is 2.21. The fourth-order valence-corrected chi connectivity index (χ4v) is 3.44. The van der Waals surface area contributed by atoms with Gasteiger partial charge < -0.3 is 20.7 Å². The van der Waals surface area contributed by atoms with Crippen LogP contribution in [0.3, 0.4) is 0 Å². The van der Waals surface area contributed by atoms with Crippen molar-refractivity contribution in [3.63, 3.8) is 0 Å². The Bertz CT molecular complexity index is 401. The van der Waals surface area contributed by atoms with Gasteiger partial charge in [-0.05, 0) is 53.2 Å². The van der Waals surface area contributed by atoms with Crippen LogP contribution in [0.1, 0.15) is 47.5 Å². The summed E-state index contributed by atoms with van der Waals surface area (Å²) in [6.07, 6.45) is 2.11. The number of alkyl carbamates (subject to hydrolysis) is 1. The van der Waals surface area contributed by atoms with Crippen molar-refractivity contribution in [1.29, 1.82) is 0 Å². The highest BCUT2D eigenvalue weighted by atomic mass is 32.2. The summed E-state index contributed by atoms with van der Waals surface area (Å²) in [5.74, 6) is 2.03. The van der Waals surface area contributed by atoms with Gasteiger partial charge in [0.15, 0.2) is 5.96 Å². The molecule has 1 atom stereocenters. The molecule has 0 aliphatic carbocycles. The molecule has 1 saturated heterocycles. The normalized spacial score (nSPS) is 21.9. The predicted molar refractivity (Wildman–Crippen MR) is 98.3 cm³/mol. The Morgan fingerprint density at radius 2 is 1.96 bits per heavy atom. The van der Waals surface area contributed by atoms with Crippen LogP contribution < -0.4 is 16.0 Å². The highest BCUT2D eigenvalue weighted by Gasteiger charge is 2.29. The molecule has 0 aromatic carbocycles. The summed E-state index contributed by atoms with van der Waals surface area (Å²) in [5, 5.41) is 9.21. The second-order valence-electron chi connectivity index (χ2n) is 6.95. The zero-order valence-electron chi connectivity index (χ0n) is 15.1. The number of carbonyl (C=O) groups is 1. The number of rotatable bonds is 6. The van der Waals surface area contributed by atoms with Gasteiger partial charge in [-0.25, -0.2) is 4.79 Å². The quantitative estimate of drug-likeness (QED) is 0.392. The smallest absolute Gasteiger partial charge is 0.407 e. The van der Waals surface area contributed by atoms with Gasteiger partial charge in [0.2, 0.25) is 0 Å². The molecule has 1 heterocycles. The molecule has 0 spiro atoms. The molecule has 1 amide bonds. The molecule has 0 aromatic heterocycles. The maximum Gasteiger partial charge on any atom is 0.407 e. The number of nitrogens with zero attached hydrogens (tertiary/aromatic N) is 1. The molecule has 0 radical (unpaired) electrons. The molecule has 23 heavy (non-hydrogen) atoms. The minimum Gasteiger partial charge on any atom is -0.444 e. The summed E-state index contributed by atoms with van der Waals surface area (Å²) in [6, 6.07) is 0. The van der Waals surface area contributed by atoms with Gasteiger partial charge in [0.25, 0.3) is 0 Å². The molecule has 1 unspecified atom stereocenters. The van der Waals surface area contributed by atoms with E-state index in [2.05, 4.69) is 27.9 Å². The van der Waals surface area contributed by atoms with Gasteiger partial charge in [0, 0.05) is 24.4 Å². The van der Waals surface area contributed by atoms with Gasteiger partial charge in [-0.1, -0.05) is 0 Å². The summed E-state index contributed by atoms with van der Waals surface area (Å²) < 4.78 is 5.46. The Kier molecular flexibility index (Phi) is 8.02. The van der Waals surface area contributed by atoms with Crippen molar-refractivity contribution in [3.8, 4) is 0 Å². The summed E-state index contributed by atoms with van der Waals surface area (Å²) >= 11 is 2.01. The van der Waals surface area contributed by atoms with Crippen LogP contribution in [-0.2, 0) is 4.74 Å². The second kappa shape index (κ2) is 9.25. The summed E-state index contributed by atoms with van der Waals surface area (Å²) in [5.41, 5.74) is -0.470. The third-order valence-corrected chi connectivity index (χ3v) is 4.82. The molecule has 0 bridgehead atoms. The lowest BCUT2D eigenvalue weighted by molar-refractivity contribution is 0.0529. The largest absolute Gasteiger partial charge is 0.444 e. The molecule has 134 valence electrons. The molecular weight excluding hydrogens is 312 g/mol. The molecule has 7 heteroatoms.